The van der Waals surface area contributed by atoms with E-state index in [0.29, 0.717) is 51.1 Å². The largest absolute Gasteiger partial charge is 0.350 e. The summed E-state index contributed by atoms with van der Waals surface area (Å²) in [5.74, 6) is -1.69. The van der Waals surface area contributed by atoms with E-state index < -0.39 is 73.7 Å². The fourth-order valence-electron chi connectivity index (χ4n) is 8.88. The summed E-state index contributed by atoms with van der Waals surface area (Å²) in [6.45, 7) is 12.1. The normalized spacial score (nSPS) is 29.6. The molecule has 0 aromatic carbocycles. The molecule has 6 atom stereocenters. The Kier molecular flexibility index (Phi) is 10.3. The van der Waals surface area contributed by atoms with Crippen molar-refractivity contribution in [1.82, 2.24) is 26.2 Å². The smallest absolute Gasteiger partial charge is 0.315 e. The Morgan fingerprint density at radius 2 is 1.60 bits per heavy atom. The zero-order valence-electron chi connectivity index (χ0n) is 29.7. The summed E-state index contributed by atoms with van der Waals surface area (Å²) in [4.78, 5) is 69.6. The van der Waals surface area contributed by atoms with Gasteiger partial charge in [-0.2, -0.15) is 0 Å². The number of nitrogens with one attached hydrogen (secondary N) is 4. The van der Waals surface area contributed by atoms with Crippen LogP contribution in [0, 0.1) is 28.6 Å². The first-order valence-corrected chi connectivity index (χ1v) is 19.9. The fourth-order valence-corrected chi connectivity index (χ4v) is 11.2. The predicted molar refractivity (Wildman–Crippen MR) is 181 cm³/mol. The van der Waals surface area contributed by atoms with Gasteiger partial charge in [-0.3, -0.25) is 19.2 Å². The minimum absolute atomic E-state index is 0.0775. The molecule has 1 unspecified atom stereocenters. The molecule has 5 rings (SSSR count). The van der Waals surface area contributed by atoms with Crippen molar-refractivity contribution in [2.45, 2.75) is 141 Å². The Hall–Kier alpha value is -2.70. The maximum atomic E-state index is 14.5. The maximum absolute atomic E-state index is 14.5. The van der Waals surface area contributed by atoms with E-state index in [-0.39, 0.29) is 23.0 Å². The van der Waals surface area contributed by atoms with Crippen LogP contribution in [-0.2, 0) is 29.0 Å². The van der Waals surface area contributed by atoms with Crippen LogP contribution in [0.1, 0.15) is 112 Å². The van der Waals surface area contributed by atoms with Crippen molar-refractivity contribution >= 4 is 39.4 Å². The van der Waals surface area contributed by atoms with Crippen LogP contribution < -0.4 is 21.3 Å². The number of nitrogens with zero attached hydrogens (tertiary/aromatic N) is 1. The lowest BCUT2D eigenvalue weighted by Crippen LogP contribution is -2.65. The van der Waals surface area contributed by atoms with Crippen LogP contribution in [0.15, 0.2) is 0 Å². The number of fused-ring (bicyclic) bond motifs is 1. The van der Waals surface area contributed by atoms with Crippen LogP contribution in [0.25, 0.3) is 0 Å². The molecule has 0 spiro atoms. The first-order chi connectivity index (χ1) is 22.4. The number of hydrogen-bond acceptors (Lipinski definition) is 7. The van der Waals surface area contributed by atoms with Crippen molar-refractivity contribution in [3.8, 4) is 0 Å². The third kappa shape index (κ3) is 7.40. The van der Waals surface area contributed by atoms with E-state index in [1.807, 2.05) is 20.8 Å². The standard InChI is InChI=1S/C35H57N5O7S/c1-7-36-30(43)27(41)23(16-15-21-13-14-21)37-29(42)26-25-22(34(25,5)6)20-40(26)31(44)28(33(2,3)4)38-32(45)39-35(17-9-8-10-18-35)24-12-11-19-48(24,46)47/h21-26,28H,7-20H2,1-6H3,(H,36,43)(H,37,42)(H2,38,39,45)/t22-,23?,24+,25-,26-,28+/m0/s1. The monoisotopic (exact) mass is 691 g/mol. The van der Waals surface area contributed by atoms with E-state index in [9.17, 15) is 32.4 Å². The van der Waals surface area contributed by atoms with Gasteiger partial charge >= 0.3 is 6.03 Å². The highest BCUT2D eigenvalue weighted by atomic mass is 32.2. The summed E-state index contributed by atoms with van der Waals surface area (Å²) in [5.41, 5.74) is -1.80. The van der Waals surface area contributed by atoms with Crippen molar-refractivity contribution in [2.75, 3.05) is 18.8 Å². The Bertz CT molecular complexity index is 1400. The molecule has 4 N–H and O–H groups in total. The van der Waals surface area contributed by atoms with Crippen LogP contribution >= 0.6 is 0 Å². The van der Waals surface area contributed by atoms with Gasteiger partial charge in [-0.05, 0) is 74.0 Å². The van der Waals surface area contributed by atoms with Crippen molar-refractivity contribution in [1.29, 1.82) is 0 Å². The second kappa shape index (κ2) is 13.5. The molecule has 0 aromatic heterocycles. The Morgan fingerprint density at radius 1 is 0.938 bits per heavy atom. The van der Waals surface area contributed by atoms with Gasteiger partial charge in [-0.25, -0.2) is 13.2 Å². The van der Waals surface area contributed by atoms with Gasteiger partial charge in [0.15, 0.2) is 9.84 Å². The highest BCUT2D eigenvalue weighted by molar-refractivity contribution is 7.92. The molecule has 0 radical (unpaired) electrons. The molecular formula is C35H57N5O7S. The second-order valence-electron chi connectivity index (χ2n) is 16.8. The highest BCUT2D eigenvalue weighted by Crippen LogP contribution is 2.65. The number of sulfone groups is 1. The number of amides is 5. The van der Waals surface area contributed by atoms with E-state index in [1.54, 1.807) is 11.8 Å². The van der Waals surface area contributed by atoms with E-state index >= 15 is 0 Å². The number of likely N-dealkylation sites (tertiary alicyclic amines) is 1. The van der Waals surface area contributed by atoms with Crippen LogP contribution in [0.2, 0.25) is 0 Å². The van der Waals surface area contributed by atoms with E-state index in [0.717, 1.165) is 38.5 Å². The number of likely N-dealkylation sites (N-methyl/N-ethyl adjacent to an activating group) is 1. The van der Waals surface area contributed by atoms with E-state index in [2.05, 4.69) is 35.1 Å². The summed E-state index contributed by atoms with van der Waals surface area (Å²) in [6.07, 6.45) is 8.09. The number of Topliss-reactive ketones (excluding diaryl/α,β-unsaturated/α-hetero) is 1. The number of hydrogen-bond donors (Lipinski definition) is 4. The van der Waals surface area contributed by atoms with Gasteiger partial charge in [-0.15, -0.1) is 0 Å². The maximum Gasteiger partial charge on any atom is 0.315 e. The molecule has 12 nitrogen and oxygen atoms in total. The first-order valence-electron chi connectivity index (χ1n) is 18.2. The molecule has 5 fully saturated rings. The van der Waals surface area contributed by atoms with Crippen molar-refractivity contribution in [2.24, 2.45) is 28.6 Å². The van der Waals surface area contributed by atoms with Gasteiger partial charge in [0.05, 0.1) is 22.6 Å². The number of ketones is 1. The van der Waals surface area contributed by atoms with Gasteiger partial charge in [0.25, 0.3) is 5.91 Å². The number of urea groups is 1. The lowest BCUT2D eigenvalue weighted by atomic mass is 9.78. The number of carbonyl (C=O) groups is 5. The lowest BCUT2D eigenvalue weighted by molar-refractivity contribution is -0.145. The average Bonchev–Trinajstić information content (AvgIpc) is 3.80. The van der Waals surface area contributed by atoms with Gasteiger partial charge in [0.2, 0.25) is 17.6 Å². The van der Waals surface area contributed by atoms with Crippen molar-refractivity contribution < 1.29 is 32.4 Å². The Balaban J connectivity index is 1.35. The molecule has 3 saturated carbocycles. The Labute approximate surface area is 286 Å². The third-order valence-corrected chi connectivity index (χ3v) is 14.4. The predicted octanol–water partition coefficient (Wildman–Crippen LogP) is 2.84. The first kappa shape index (κ1) is 36.6. The second-order valence-corrected chi connectivity index (χ2v) is 19.1. The Morgan fingerprint density at radius 3 is 2.17 bits per heavy atom. The van der Waals surface area contributed by atoms with Gasteiger partial charge in [-0.1, -0.05) is 66.7 Å². The highest BCUT2D eigenvalue weighted by Gasteiger charge is 2.70. The zero-order valence-corrected chi connectivity index (χ0v) is 30.5. The van der Waals surface area contributed by atoms with Crippen molar-refractivity contribution in [3.05, 3.63) is 0 Å². The molecular weight excluding hydrogens is 634 g/mol. The molecule has 2 heterocycles. The van der Waals surface area contributed by atoms with Crippen molar-refractivity contribution in [3.63, 3.8) is 0 Å². The SMILES string of the molecule is CCNC(=O)C(=O)C(CCC1CC1)NC(=O)[C@@H]1[C@@H]2[C@H](CN1C(=O)[C@@H](NC(=O)NC1([C@H]3CCCS3(=O)=O)CCCCC1)C(C)(C)C)C2(C)C. The third-order valence-electron chi connectivity index (χ3n) is 12.0. The molecule has 13 heteroatoms. The quantitative estimate of drug-likeness (QED) is 0.228. The molecule has 48 heavy (non-hydrogen) atoms. The van der Waals surface area contributed by atoms with Crippen LogP contribution in [-0.4, -0.2) is 90.6 Å². The number of carbonyl (C=O) groups excluding carboxylic acids is 5. The summed E-state index contributed by atoms with van der Waals surface area (Å²) >= 11 is 0. The number of piperidine rings is 1. The molecule has 0 aromatic rings. The summed E-state index contributed by atoms with van der Waals surface area (Å²) in [6, 6.07) is -3.42. The lowest BCUT2D eigenvalue weighted by Gasteiger charge is -2.43. The van der Waals surface area contributed by atoms with Crippen LogP contribution in [0.3, 0.4) is 0 Å². The molecule has 2 aliphatic heterocycles. The van der Waals surface area contributed by atoms with E-state index in [4.69, 9.17) is 0 Å². The minimum Gasteiger partial charge on any atom is -0.350 e. The topological polar surface area (TPSA) is 171 Å². The van der Waals surface area contributed by atoms with Gasteiger partial charge in [0, 0.05) is 13.1 Å². The zero-order chi connectivity index (χ0) is 35.2. The molecule has 2 saturated heterocycles. The summed E-state index contributed by atoms with van der Waals surface area (Å²) in [7, 11) is -3.35. The number of rotatable bonds is 12. The summed E-state index contributed by atoms with van der Waals surface area (Å²) in [5, 5.41) is 10.8. The minimum atomic E-state index is -3.35. The molecule has 270 valence electrons. The summed E-state index contributed by atoms with van der Waals surface area (Å²) < 4.78 is 26.1. The van der Waals surface area contributed by atoms with Gasteiger partial charge in [0.1, 0.15) is 12.1 Å². The molecule has 0 bridgehead atoms. The molecule has 5 amide bonds. The molecule has 5 aliphatic rings. The van der Waals surface area contributed by atoms with Crippen LogP contribution in [0.5, 0.6) is 0 Å². The van der Waals surface area contributed by atoms with Crippen LogP contribution in [0.4, 0.5) is 4.79 Å². The molecule has 3 aliphatic carbocycles. The average molecular weight is 692 g/mol. The van der Waals surface area contributed by atoms with Gasteiger partial charge < -0.3 is 26.2 Å². The fraction of sp³-hybridized carbons (Fsp3) is 0.857. The van der Waals surface area contributed by atoms with E-state index in [1.165, 1.54) is 0 Å².